The topological polar surface area (TPSA) is 59.0 Å². The van der Waals surface area contributed by atoms with Crippen molar-refractivity contribution in [1.82, 2.24) is 0 Å². The molecular formula is C20H20ClFN2O3S2. The highest BCUT2D eigenvalue weighted by Crippen LogP contribution is 2.36. The molecule has 0 spiro atoms. The van der Waals surface area contributed by atoms with Crippen LogP contribution in [0.5, 0.6) is 5.75 Å². The van der Waals surface area contributed by atoms with Crippen LogP contribution in [0.3, 0.4) is 0 Å². The van der Waals surface area contributed by atoms with Gasteiger partial charge in [-0.05, 0) is 36.8 Å². The van der Waals surface area contributed by atoms with Gasteiger partial charge in [0.25, 0.3) is 0 Å². The Balaban J connectivity index is 1.43. The lowest BCUT2D eigenvalue weighted by Crippen LogP contribution is -2.39. The highest BCUT2D eigenvalue weighted by Gasteiger charge is 2.47. The van der Waals surface area contributed by atoms with E-state index in [2.05, 4.69) is 4.99 Å². The van der Waals surface area contributed by atoms with E-state index >= 15 is 0 Å². The molecule has 0 bridgehead atoms. The van der Waals surface area contributed by atoms with Gasteiger partial charge in [0.2, 0.25) is 0 Å². The monoisotopic (exact) mass is 454 g/mol. The molecule has 0 saturated carbocycles. The maximum absolute atomic E-state index is 13.6. The van der Waals surface area contributed by atoms with Crippen molar-refractivity contribution < 1.29 is 17.5 Å². The summed E-state index contributed by atoms with van der Waals surface area (Å²) in [7, 11) is -3.13. The zero-order chi connectivity index (χ0) is 20.4. The fourth-order valence-corrected chi connectivity index (χ4v) is 6.55. The zero-order valence-corrected chi connectivity index (χ0v) is 17.9. The molecule has 0 unspecified atom stereocenters. The molecule has 0 radical (unpaired) electrons. The quantitative estimate of drug-likeness (QED) is 0.617. The second-order valence-electron chi connectivity index (χ2n) is 6.96. The summed E-state index contributed by atoms with van der Waals surface area (Å²) in [4.78, 5) is 6.55. The van der Waals surface area contributed by atoms with Crippen molar-refractivity contribution in [3.63, 3.8) is 0 Å². The third-order valence-electron chi connectivity index (χ3n) is 4.82. The van der Waals surface area contributed by atoms with Gasteiger partial charge >= 0.3 is 0 Å². The number of anilines is 1. The Hall–Kier alpha value is -1.77. The number of ether oxygens (including phenoxy) is 1. The van der Waals surface area contributed by atoms with Crippen LogP contribution in [0.2, 0.25) is 5.02 Å². The van der Waals surface area contributed by atoms with Crippen LogP contribution in [-0.4, -0.2) is 49.5 Å². The number of nitrogens with zero attached hydrogens (tertiary/aromatic N) is 2. The first kappa shape index (κ1) is 20.5. The molecule has 2 aromatic carbocycles. The number of hydrogen-bond acceptors (Lipinski definition) is 6. The average Bonchev–Trinajstić information content (AvgIpc) is 3.15. The summed E-state index contributed by atoms with van der Waals surface area (Å²) >= 11 is 7.51. The highest BCUT2D eigenvalue weighted by atomic mass is 35.5. The first-order valence-electron chi connectivity index (χ1n) is 9.26. The van der Waals surface area contributed by atoms with Gasteiger partial charge in [-0.1, -0.05) is 41.6 Å². The van der Waals surface area contributed by atoms with E-state index in [9.17, 15) is 12.8 Å². The van der Waals surface area contributed by atoms with Gasteiger partial charge in [0.1, 0.15) is 11.6 Å². The van der Waals surface area contributed by atoms with Gasteiger partial charge in [-0.2, -0.15) is 0 Å². The number of halogens is 2. The van der Waals surface area contributed by atoms with E-state index in [1.807, 2.05) is 35.2 Å². The van der Waals surface area contributed by atoms with Gasteiger partial charge in [0, 0.05) is 11.4 Å². The molecule has 5 nitrogen and oxygen atoms in total. The molecule has 2 heterocycles. The van der Waals surface area contributed by atoms with Crippen LogP contribution in [0.4, 0.5) is 10.1 Å². The average molecular weight is 455 g/mol. The lowest BCUT2D eigenvalue weighted by atomic mass is 10.1. The smallest absolute Gasteiger partial charge is 0.164 e. The molecule has 9 heteroatoms. The van der Waals surface area contributed by atoms with E-state index in [4.69, 9.17) is 16.3 Å². The molecule has 2 aromatic rings. The molecule has 0 aromatic heterocycles. The molecular weight excluding hydrogens is 435 g/mol. The number of amidine groups is 1. The van der Waals surface area contributed by atoms with Crippen LogP contribution in [-0.2, 0) is 9.84 Å². The lowest BCUT2D eigenvalue weighted by Gasteiger charge is -2.26. The predicted molar refractivity (Wildman–Crippen MR) is 117 cm³/mol. The van der Waals surface area contributed by atoms with Gasteiger partial charge in [-0.15, -0.1) is 0 Å². The Morgan fingerprint density at radius 1 is 1.21 bits per heavy atom. The van der Waals surface area contributed by atoms with E-state index in [1.165, 1.54) is 12.1 Å². The van der Waals surface area contributed by atoms with Crippen molar-refractivity contribution in [3.05, 3.63) is 59.4 Å². The molecule has 0 aliphatic carbocycles. The molecule has 1 fully saturated rings. The van der Waals surface area contributed by atoms with Gasteiger partial charge < -0.3 is 9.64 Å². The van der Waals surface area contributed by atoms with E-state index in [0.717, 1.165) is 23.1 Å². The molecule has 2 aliphatic rings. The number of fused-ring (bicyclic) bond motifs is 1. The first-order valence-corrected chi connectivity index (χ1v) is 12.4. The van der Waals surface area contributed by atoms with Gasteiger partial charge in [0.05, 0.1) is 35.2 Å². The summed E-state index contributed by atoms with van der Waals surface area (Å²) in [6.07, 6.45) is 0.810. The van der Waals surface area contributed by atoms with Crippen molar-refractivity contribution in [2.75, 3.05) is 28.8 Å². The number of sulfone groups is 1. The van der Waals surface area contributed by atoms with E-state index in [1.54, 1.807) is 17.8 Å². The molecule has 4 rings (SSSR count). The molecule has 2 atom stereocenters. The minimum absolute atomic E-state index is 0.00687. The van der Waals surface area contributed by atoms with Crippen molar-refractivity contribution >= 4 is 44.1 Å². The molecule has 154 valence electrons. The van der Waals surface area contributed by atoms with Crippen molar-refractivity contribution in [3.8, 4) is 5.75 Å². The van der Waals surface area contributed by atoms with E-state index in [0.29, 0.717) is 12.3 Å². The number of para-hydroxylation sites is 1. The largest absolute Gasteiger partial charge is 0.494 e. The second kappa shape index (κ2) is 8.53. The van der Waals surface area contributed by atoms with E-state index in [-0.39, 0.29) is 28.6 Å². The summed E-state index contributed by atoms with van der Waals surface area (Å²) in [5.74, 6) is 1.18. The van der Waals surface area contributed by atoms with Gasteiger partial charge in [-0.3, -0.25) is 4.99 Å². The van der Waals surface area contributed by atoms with Crippen LogP contribution in [0, 0.1) is 5.82 Å². The second-order valence-corrected chi connectivity index (χ2v) is 10.6. The molecule has 1 saturated heterocycles. The zero-order valence-electron chi connectivity index (χ0n) is 15.5. The minimum Gasteiger partial charge on any atom is -0.494 e. The molecule has 0 amide bonds. The number of hydrogen-bond donors (Lipinski definition) is 0. The normalized spacial score (nSPS) is 22.4. The van der Waals surface area contributed by atoms with Crippen LogP contribution in [0.25, 0.3) is 0 Å². The Morgan fingerprint density at radius 3 is 2.76 bits per heavy atom. The summed E-state index contributed by atoms with van der Waals surface area (Å²) in [6, 6.07) is 13.5. The molecule has 2 aliphatic heterocycles. The van der Waals surface area contributed by atoms with Crippen molar-refractivity contribution in [1.29, 1.82) is 0 Å². The maximum Gasteiger partial charge on any atom is 0.164 e. The summed E-state index contributed by atoms with van der Waals surface area (Å²) in [6.45, 7) is 0.577. The van der Waals surface area contributed by atoms with Crippen LogP contribution >= 0.6 is 23.4 Å². The lowest BCUT2D eigenvalue weighted by molar-refractivity contribution is 0.319. The van der Waals surface area contributed by atoms with Crippen molar-refractivity contribution in [2.45, 2.75) is 18.5 Å². The minimum atomic E-state index is -3.13. The Morgan fingerprint density at radius 2 is 2.00 bits per heavy atom. The summed E-state index contributed by atoms with van der Waals surface area (Å²) < 4.78 is 43.5. The number of benzene rings is 2. The van der Waals surface area contributed by atoms with Gasteiger partial charge in [0.15, 0.2) is 15.0 Å². The first-order chi connectivity index (χ1) is 13.9. The van der Waals surface area contributed by atoms with E-state index < -0.39 is 15.7 Å². The Bertz CT molecular complexity index is 1020. The Kier molecular flexibility index (Phi) is 6.03. The SMILES string of the molecule is O=S1(=O)C[C@@H]2N=C(SCCCOc3ccccc3)N(c3ccc(F)c(Cl)c3)[C@H]2C1. The third kappa shape index (κ3) is 4.70. The summed E-state index contributed by atoms with van der Waals surface area (Å²) in [5, 5.41) is 0.754. The van der Waals surface area contributed by atoms with Crippen LogP contribution in [0.1, 0.15) is 6.42 Å². The molecule has 0 N–H and O–H groups in total. The maximum atomic E-state index is 13.6. The predicted octanol–water partition coefficient (Wildman–Crippen LogP) is 4.02. The fraction of sp³-hybridized carbons (Fsp3) is 0.350. The highest BCUT2D eigenvalue weighted by molar-refractivity contribution is 8.14. The standard InChI is InChI=1S/C20H20ClFN2O3S2/c21-16-11-14(7-8-17(16)22)24-19-13-29(25,26)12-18(19)23-20(24)28-10-4-9-27-15-5-2-1-3-6-15/h1-3,5-8,11,18-19H,4,9-10,12-13H2/t18-,19-/m0/s1. The number of rotatable bonds is 6. The molecule has 29 heavy (non-hydrogen) atoms. The van der Waals surface area contributed by atoms with Gasteiger partial charge in [-0.25, -0.2) is 12.8 Å². The number of thioether (sulfide) groups is 1. The third-order valence-corrected chi connectivity index (χ3v) is 7.86. The fourth-order valence-electron chi connectivity index (χ4n) is 3.50. The van der Waals surface area contributed by atoms with Crippen LogP contribution in [0.15, 0.2) is 53.5 Å². The van der Waals surface area contributed by atoms with Crippen LogP contribution < -0.4 is 9.64 Å². The number of aliphatic imine (C=N–C) groups is 1. The van der Waals surface area contributed by atoms with Crippen molar-refractivity contribution in [2.24, 2.45) is 4.99 Å². The Labute approximate surface area is 178 Å². The summed E-state index contributed by atoms with van der Waals surface area (Å²) in [5.41, 5.74) is 0.660.